The van der Waals surface area contributed by atoms with E-state index in [1.54, 1.807) is 0 Å². The van der Waals surface area contributed by atoms with Gasteiger partial charge in [-0.1, -0.05) is 27.5 Å². The predicted octanol–water partition coefficient (Wildman–Crippen LogP) is 3.84. The van der Waals surface area contributed by atoms with Gasteiger partial charge in [-0.15, -0.1) is 0 Å². The number of nitrogens with two attached hydrogens (primary N) is 1. The lowest BCUT2D eigenvalue weighted by atomic mass is 10.1. The highest BCUT2D eigenvalue weighted by Gasteiger charge is 2.08. The van der Waals surface area contributed by atoms with Crippen LogP contribution in [0.1, 0.15) is 11.1 Å². The number of hydrogen-bond donors (Lipinski definition) is 2. The molecule has 6 heteroatoms. The molecular formula is C12H12BrClN4. The minimum absolute atomic E-state index is 0.264. The number of anilines is 3. The molecule has 3 N–H and O–H groups in total. The van der Waals surface area contributed by atoms with Crippen LogP contribution in [0.3, 0.4) is 0 Å². The van der Waals surface area contributed by atoms with E-state index in [0.717, 1.165) is 21.3 Å². The molecule has 0 aliphatic heterocycles. The Bertz CT molecular complexity index is 578. The molecule has 2 aromatic rings. The van der Waals surface area contributed by atoms with Crippen LogP contribution in [0.25, 0.3) is 0 Å². The fraction of sp³-hybridized carbons (Fsp3) is 0.167. The number of aryl methyl sites for hydroxylation is 2. The number of nitrogens with zero attached hydrogens (tertiary/aromatic N) is 2. The van der Waals surface area contributed by atoms with E-state index in [0.29, 0.717) is 10.8 Å². The molecule has 1 aromatic carbocycles. The topological polar surface area (TPSA) is 63.8 Å². The van der Waals surface area contributed by atoms with Gasteiger partial charge in [0.25, 0.3) is 0 Å². The molecule has 0 fully saturated rings. The molecule has 2 rings (SSSR count). The number of rotatable bonds is 2. The van der Waals surface area contributed by atoms with Gasteiger partial charge in [0.15, 0.2) is 5.82 Å². The number of benzene rings is 1. The molecule has 4 nitrogen and oxygen atoms in total. The normalized spacial score (nSPS) is 10.4. The average Bonchev–Trinajstić information content (AvgIpc) is 2.32. The van der Waals surface area contributed by atoms with Crippen molar-refractivity contribution >= 4 is 44.9 Å². The summed E-state index contributed by atoms with van der Waals surface area (Å²) in [6.07, 6.45) is 1.38. The van der Waals surface area contributed by atoms with Gasteiger partial charge >= 0.3 is 0 Å². The monoisotopic (exact) mass is 326 g/mol. The molecule has 0 aliphatic carbocycles. The van der Waals surface area contributed by atoms with Crippen molar-refractivity contribution < 1.29 is 0 Å². The molecular weight excluding hydrogens is 316 g/mol. The zero-order chi connectivity index (χ0) is 13.3. The Morgan fingerprint density at radius 1 is 1.22 bits per heavy atom. The summed E-state index contributed by atoms with van der Waals surface area (Å²) in [6, 6.07) is 4.01. The Morgan fingerprint density at radius 2 is 1.83 bits per heavy atom. The Labute approximate surface area is 119 Å². The van der Waals surface area contributed by atoms with Gasteiger partial charge in [-0.25, -0.2) is 9.97 Å². The molecule has 0 saturated heterocycles. The van der Waals surface area contributed by atoms with Gasteiger partial charge in [0.1, 0.15) is 17.2 Å². The van der Waals surface area contributed by atoms with Crippen molar-refractivity contribution in [3.63, 3.8) is 0 Å². The maximum atomic E-state index is 6.03. The largest absolute Gasteiger partial charge is 0.382 e. The Morgan fingerprint density at radius 3 is 2.44 bits per heavy atom. The number of aromatic nitrogens is 2. The van der Waals surface area contributed by atoms with Gasteiger partial charge in [0.05, 0.1) is 0 Å². The molecule has 1 aromatic heterocycles. The SMILES string of the molecule is Cc1cc(Nc2ncnc(N)c2Cl)cc(C)c1Br. The average molecular weight is 328 g/mol. The highest BCUT2D eigenvalue weighted by atomic mass is 79.9. The Kier molecular flexibility index (Phi) is 3.73. The third kappa shape index (κ3) is 2.57. The standard InChI is InChI=1S/C12H12BrClN4/c1-6-3-8(4-7(2)9(6)13)18-12-10(14)11(15)16-5-17-12/h3-5H,1-2H3,(H3,15,16,17,18). The molecule has 1 heterocycles. The summed E-state index contributed by atoms with van der Waals surface area (Å²) < 4.78 is 1.10. The first-order valence-electron chi connectivity index (χ1n) is 5.28. The molecule has 0 spiro atoms. The van der Waals surface area contributed by atoms with Crippen molar-refractivity contribution in [1.29, 1.82) is 0 Å². The molecule has 94 valence electrons. The highest BCUT2D eigenvalue weighted by Crippen LogP contribution is 2.30. The van der Waals surface area contributed by atoms with Crippen LogP contribution in [0.15, 0.2) is 22.9 Å². The second-order valence-corrected chi connectivity index (χ2v) is 5.14. The van der Waals surface area contributed by atoms with Crippen LogP contribution in [0, 0.1) is 13.8 Å². The predicted molar refractivity (Wildman–Crippen MR) is 78.4 cm³/mol. The maximum Gasteiger partial charge on any atom is 0.154 e. The van der Waals surface area contributed by atoms with Crippen LogP contribution in [-0.4, -0.2) is 9.97 Å². The first-order chi connectivity index (χ1) is 8.49. The van der Waals surface area contributed by atoms with Crippen LogP contribution in [0.2, 0.25) is 5.02 Å². The molecule has 0 unspecified atom stereocenters. The van der Waals surface area contributed by atoms with Crippen molar-refractivity contribution in [2.24, 2.45) is 0 Å². The van der Waals surface area contributed by atoms with Crippen molar-refractivity contribution in [2.75, 3.05) is 11.1 Å². The summed E-state index contributed by atoms with van der Waals surface area (Å²) in [4.78, 5) is 7.89. The highest BCUT2D eigenvalue weighted by molar-refractivity contribution is 9.10. The Hall–Kier alpha value is -1.33. The lowest BCUT2D eigenvalue weighted by molar-refractivity contribution is 1.17. The van der Waals surface area contributed by atoms with Gasteiger partial charge < -0.3 is 11.1 Å². The lowest BCUT2D eigenvalue weighted by Gasteiger charge is -2.11. The minimum atomic E-state index is 0.264. The first kappa shape index (κ1) is 13.1. The molecule has 0 aliphatic rings. The molecule has 0 radical (unpaired) electrons. The molecule has 0 bridgehead atoms. The van der Waals surface area contributed by atoms with Crippen molar-refractivity contribution in [1.82, 2.24) is 9.97 Å². The van der Waals surface area contributed by atoms with Crippen LogP contribution in [-0.2, 0) is 0 Å². The number of halogens is 2. The van der Waals surface area contributed by atoms with Gasteiger partial charge in [-0.2, -0.15) is 0 Å². The van der Waals surface area contributed by atoms with Crippen molar-refractivity contribution in [3.05, 3.63) is 39.1 Å². The second-order valence-electron chi connectivity index (χ2n) is 3.97. The van der Waals surface area contributed by atoms with Crippen LogP contribution in [0.5, 0.6) is 0 Å². The summed E-state index contributed by atoms with van der Waals surface area (Å²) >= 11 is 9.56. The van der Waals surface area contributed by atoms with E-state index in [2.05, 4.69) is 31.2 Å². The zero-order valence-electron chi connectivity index (χ0n) is 9.96. The minimum Gasteiger partial charge on any atom is -0.382 e. The second kappa shape index (κ2) is 5.12. The molecule has 0 amide bonds. The quantitative estimate of drug-likeness (QED) is 0.879. The number of hydrogen-bond acceptors (Lipinski definition) is 4. The summed E-state index contributed by atoms with van der Waals surface area (Å²) in [6.45, 7) is 4.05. The van der Waals surface area contributed by atoms with Crippen molar-refractivity contribution in [2.45, 2.75) is 13.8 Å². The molecule has 0 saturated carbocycles. The summed E-state index contributed by atoms with van der Waals surface area (Å²) in [7, 11) is 0. The van der Waals surface area contributed by atoms with E-state index in [1.165, 1.54) is 6.33 Å². The smallest absolute Gasteiger partial charge is 0.154 e. The number of nitrogen functional groups attached to an aromatic ring is 1. The van der Waals surface area contributed by atoms with Crippen LogP contribution < -0.4 is 11.1 Å². The fourth-order valence-electron chi connectivity index (χ4n) is 1.63. The Balaban J connectivity index is 2.37. The molecule has 0 atom stereocenters. The van der Waals surface area contributed by atoms with Crippen LogP contribution >= 0.6 is 27.5 Å². The third-order valence-corrected chi connectivity index (χ3v) is 4.14. The van der Waals surface area contributed by atoms with E-state index in [4.69, 9.17) is 17.3 Å². The van der Waals surface area contributed by atoms with E-state index >= 15 is 0 Å². The van der Waals surface area contributed by atoms with Crippen LogP contribution in [0.4, 0.5) is 17.3 Å². The maximum absolute atomic E-state index is 6.03. The summed E-state index contributed by atoms with van der Waals surface area (Å²) in [5, 5.41) is 3.47. The van der Waals surface area contributed by atoms with Gasteiger partial charge in [-0.05, 0) is 37.1 Å². The third-order valence-electron chi connectivity index (χ3n) is 2.52. The zero-order valence-corrected chi connectivity index (χ0v) is 12.3. The van der Waals surface area contributed by atoms with E-state index in [-0.39, 0.29) is 5.82 Å². The lowest BCUT2D eigenvalue weighted by Crippen LogP contribution is -2.00. The van der Waals surface area contributed by atoms with Gasteiger partial charge in [0.2, 0.25) is 0 Å². The molecule has 18 heavy (non-hydrogen) atoms. The summed E-state index contributed by atoms with van der Waals surface area (Å²) in [5.74, 6) is 0.769. The first-order valence-corrected chi connectivity index (χ1v) is 6.46. The van der Waals surface area contributed by atoms with Gasteiger partial charge in [-0.3, -0.25) is 0 Å². The number of nitrogens with one attached hydrogen (secondary N) is 1. The van der Waals surface area contributed by atoms with Gasteiger partial charge in [0, 0.05) is 10.2 Å². The van der Waals surface area contributed by atoms with Crippen molar-refractivity contribution in [3.8, 4) is 0 Å². The fourth-order valence-corrected chi connectivity index (χ4v) is 2.00. The van der Waals surface area contributed by atoms with E-state index < -0.39 is 0 Å². The summed E-state index contributed by atoms with van der Waals surface area (Å²) in [5.41, 5.74) is 8.81. The van der Waals surface area contributed by atoms with E-state index in [1.807, 2.05) is 26.0 Å². The van der Waals surface area contributed by atoms with E-state index in [9.17, 15) is 0 Å².